The van der Waals surface area contributed by atoms with Crippen molar-refractivity contribution in [3.63, 3.8) is 0 Å². The lowest BCUT2D eigenvalue weighted by Gasteiger charge is -2.14. The highest BCUT2D eigenvalue weighted by atomic mass is 16.5. The molecule has 37 heavy (non-hydrogen) atoms. The minimum atomic E-state index is -1.19. The first kappa shape index (κ1) is 31.4. The van der Waals surface area contributed by atoms with Crippen molar-refractivity contribution in [2.45, 2.75) is 72.1 Å². The Morgan fingerprint density at radius 3 is 1.89 bits per heavy atom. The van der Waals surface area contributed by atoms with Crippen LogP contribution in [0.15, 0.2) is 42.5 Å². The summed E-state index contributed by atoms with van der Waals surface area (Å²) in [6.07, 6.45) is 7.89. The summed E-state index contributed by atoms with van der Waals surface area (Å²) in [6, 6.07) is 10.7. The standard InChI is InChI=1S/C15H20O4.C14H18O4/c1-3-4-6-10(2)9-11-7-5-8-12(14(16)17)13(11)15(18)19;1-2-3-4-7-10-18-14(17)12-9-6-5-8-11(12)13(15)16/h5,7-8,10H,3-4,6,9H2,1-2H3,(H,16,17)(H,18,19);5-6,8-9H,2-4,7,10H2,1H3,(H,15,16). The molecule has 1 atom stereocenters. The average molecular weight is 515 g/mol. The van der Waals surface area contributed by atoms with Crippen molar-refractivity contribution in [3.05, 3.63) is 70.3 Å². The van der Waals surface area contributed by atoms with Crippen LogP contribution in [0.3, 0.4) is 0 Å². The summed E-state index contributed by atoms with van der Waals surface area (Å²) in [5, 5.41) is 27.2. The Labute approximate surface area is 218 Å². The summed E-state index contributed by atoms with van der Waals surface area (Å²) < 4.78 is 5.06. The highest BCUT2D eigenvalue weighted by Gasteiger charge is 2.20. The molecule has 202 valence electrons. The molecule has 1 unspecified atom stereocenters. The maximum absolute atomic E-state index is 11.7. The molecule has 2 aromatic rings. The van der Waals surface area contributed by atoms with Crippen molar-refractivity contribution in [2.75, 3.05) is 6.61 Å². The molecular weight excluding hydrogens is 476 g/mol. The summed E-state index contributed by atoms with van der Waals surface area (Å²) >= 11 is 0. The molecule has 0 bridgehead atoms. The van der Waals surface area contributed by atoms with Crippen molar-refractivity contribution in [1.29, 1.82) is 0 Å². The van der Waals surface area contributed by atoms with Crippen LogP contribution >= 0.6 is 0 Å². The lowest BCUT2D eigenvalue weighted by molar-refractivity contribution is 0.0487. The summed E-state index contributed by atoms with van der Waals surface area (Å²) in [4.78, 5) is 45.0. The molecule has 0 heterocycles. The molecule has 0 aliphatic carbocycles. The molecule has 8 heteroatoms. The quantitative estimate of drug-likeness (QED) is 0.190. The topological polar surface area (TPSA) is 138 Å². The fourth-order valence-corrected chi connectivity index (χ4v) is 3.85. The third-order valence-corrected chi connectivity index (χ3v) is 5.82. The van der Waals surface area contributed by atoms with Crippen LogP contribution in [0.5, 0.6) is 0 Å². The Hall–Kier alpha value is -3.68. The highest BCUT2D eigenvalue weighted by molar-refractivity contribution is 6.03. The van der Waals surface area contributed by atoms with Crippen LogP contribution < -0.4 is 0 Å². The summed E-state index contributed by atoms with van der Waals surface area (Å²) in [6.45, 7) is 6.62. The van der Waals surface area contributed by atoms with Crippen LogP contribution in [0, 0.1) is 5.92 Å². The number of carboxylic acids is 3. The van der Waals surface area contributed by atoms with Crippen molar-refractivity contribution in [3.8, 4) is 0 Å². The zero-order valence-corrected chi connectivity index (χ0v) is 21.9. The zero-order valence-electron chi connectivity index (χ0n) is 21.9. The molecule has 0 saturated carbocycles. The minimum Gasteiger partial charge on any atom is -0.478 e. The SMILES string of the molecule is CCCCC(C)Cc1cccc(C(=O)O)c1C(=O)O.CCCCCCOC(=O)c1ccccc1C(=O)O. The molecule has 0 fully saturated rings. The number of rotatable bonds is 14. The summed E-state index contributed by atoms with van der Waals surface area (Å²) in [5.74, 6) is -3.70. The van der Waals surface area contributed by atoms with E-state index in [4.69, 9.17) is 14.9 Å². The Morgan fingerprint density at radius 1 is 0.730 bits per heavy atom. The molecule has 8 nitrogen and oxygen atoms in total. The predicted molar refractivity (Wildman–Crippen MR) is 141 cm³/mol. The van der Waals surface area contributed by atoms with Gasteiger partial charge in [0.2, 0.25) is 0 Å². The number of hydrogen-bond donors (Lipinski definition) is 3. The first-order chi connectivity index (χ1) is 17.6. The van der Waals surface area contributed by atoms with Crippen molar-refractivity contribution in [1.82, 2.24) is 0 Å². The number of hydrogen-bond acceptors (Lipinski definition) is 5. The van der Waals surface area contributed by atoms with E-state index in [0.717, 1.165) is 44.9 Å². The van der Waals surface area contributed by atoms with Gasteiger partial charge in [-0.2, -0.15) is 0 Å². The maximum atomic E-state index is 11.7. The molecule has 0 saturated heterocycles. The highest BCUT2D eigenvalue weighted by Crippen LogP contribution is 2.21. The molecule has 0 amide bonds. The van der Waals surface area contributed by atoms with Gasteiger partial charge in [-0.05, 0) is 42.5 Å². The average Bonchev–Trinajstić information content (AvgIpc) is 2.87. The molecule has 0 radical (unpaired) electrons. The number of carbonyl (C=O) groups excluding carboxylic acids is 1. The molecule has 3 N–H and O–H groups in total. The Bertz CT molecular complexity index is 1040. The maximum Gasteiger partial charge on any atom is 0.339 e. The second kappa shape index (κ2) is 16.9. The van der Waals surface area contributed by atoms with E-state index in [-0.39, 0.29) is 22.3 Å². The Morgan fingerprint density at radius 2 is 1.32 bits per heavy atom. The van der Waals surface area contributed by atoms with E-state index in [2.05, 4.69) is 20.8 Å². The lowest BCUT2D eigenvalue weighted by Crippen LogP contribution is -2.13. The normalized spacial score (nSPS) is 11.1. The van der Waals surface area contributed by atoms with Crippen molar-refractivity contribution in [2.24, 2.45) is 5.92 Å². The molecule has 0 spiro atoms. The Balaban J connectivity index is 0.000000371. The minimum absolute atomic E-state index is 0.0175. The van der Waals surface area contributed by atoms with Crippen LogP contribution in [0.2, 0.25) is 0 Å². The van der Waals surface area contributed by atoms with Gasteiger partial charge in [0.25, 0.3) is 0 Å². The van der Waals surface area contributed by atoms with E-state index in [1.165, 1.54) is 18.2 Å². The molecule has 0 aromatic heterocycles. The molecule has 2 rings (SSSR count). The van der Waals surface area contributed by atoms with Gasteiger partial charge in [0, 0.05) is 0 Å². The number of aromatic carboxylic acids is 3. The van der Waals surface area contributed by atoms with E-state index >= 15 is 0 Å². The van der Waals surface area contributed by atoms with Gasteiger partial charge in [-0.3, -0.25) is 0 Å². The van der Waals surface area contributed by atoms with Gasteiger partial charge >= 0.3 is 23.9 Å². The molecule has 0 aliphatic rings. The summed E-state index contributed by atoms with van der Waals surface area (Å²) in [7, 11) is 0. The van der Waals surface area contributed by atoms with E-state index in [0.29, 0.717) is 24.5 Å². The Kier molecular flexibility index (Phi) is 14.3. The van der Waals surface area contributed by atoms with Gasteiger partial charge in [-0.1, -0.05) is 83.6 Å². The fourth-order valence-electron chi connectivity index (χ4n) is 3.85. The van der Waals surface area contributed by atoms with Gasteiger partial charge in [-0.15, -0.1) is 0 Å². The van der Waals surface area contributed by atoms with Gasteiger partial charge in [0.05, 0.1) is 28.9 Å². The number of carboxylic acid groups (broad SMARTS) is 3. The zero-order chi connectivity index (χ0) is 27.8. The van der Waals surface area contributed by atoms with E-state index in [1.807, 2.05) is 0 Å². The lowest BCUT2D eigenvalue weighted by atomic mass is 9.91. The van der Waals surface area contributed by atoms with E-state index in [9.17, 15) is 24.3 Å². The van der Waals surface area contributed by atoms with E-state index in [1.54, 1.807) is 24.3 Å². The first-order valence-electron chi connectivity index (χ1n) is 12.7. The number of benzene rings is 2. The van der Waals surface area contributed by atoms with Gasteiger partial charge in [-0.25, -0.2) is 19.2 Å². The molecule has 0 aliphatic heterocycles. The second-order valence-electron chi connectivity index (χ2n) is 8.95. The predicted octanol–water partition coefficient (Wildman–Crippen LogP) is 6.57. The van der Waals surface area contributed by atoms with Crippen LogP contribution in [-0.4, -0.2) is 45.8 Å². The largest absolute Gasteiger partial charge is 0.478 e. The first-order valence-corrected chi connectivity index (χ1v) is 12.7. The van der Waals surface area contributed by atoms with Crippen LogP contribution in [-0.2, 0) is 11.2 Å². The van der Waals surface area contributed by atoms with Crippen LogP contribution in [0.4, 0.5) is 0 Å². The number of unbranched alkanes of at least 4 members (excludes halogenated alkanes) is 4. The third kappa shape index (κ3) is 10.9. The number of esters is 1. The second-order valence-corrected chi connectivity index (χ2v) is 8.95. The third-order valence-electron chi connectivity index (χ3n) is 5.82. The van der Waals surface area contributed by atoms with Gasteiger partial charge in [0.15, 0.2) is 0 Å². The monoisotopic (exact) mass is 514 g/mol. The molecular formula is C29H38O8. The van der Waals surface area contributed by atoms with Crippen LogP contribution in [0.25, 0.3) is 0 Å². The molecule has 2 aromatic carbocycles. The number of ether oxygens (including phenoxy) is 1. The number of carbonyl (C=O) groups is 4. The van der Waals surface area contributed by atoms with Crippen LogP contribution in [0.1, 0.15) is 113 Å². The fraction of sp³-hybridized carbons (Fsp3) is 0.448. The van der Waals surface area contributed by atoms with Gasteiger partial charge < -0.3 is 20.1 Å². The van der Waals surface area contributed by atoms with Gasteiger partial charge in [0.1, 0.15) is 0 Å². The van der Waals surface area contributed by atoms with Crippen molar-refractivity contribution < 1.29 is 39.2 Å². The van der Waals surface area contributed by atoms with Crippen molar-refractivity contribution >= 4 is 23.9 Å². The summed E-state index contributed by atoms with van der Waals surface area (Å²) in [5.41, 5.74) is 0.499. The smallest absolute Gasteiger partial charge is 0.339 e. The van der Waals surface area contributed by atoms with E-state index < -0.39 is 23.9 Å².